The molecule has 1 aliphatic carbocycles. The van der Waals surface area contributed by atoms with Crippen LogP contribution in [0.1, 0.15) is 51.4 Å². The first-order chi connectivity index (χ1) is 16.8. The monoisotopic (exact) mass is 513 g/mol. The van der Waals surface area contributed by atoms with Crippen molar-refractivity contribution in [2.24, 2.45) is 27.8 Å². The fourth-order valence-corrected chi connectivity index (χ4v) is 7.24. The second kappa shape index (κ2) is 12.1. The zero-order chi connectivity index (χ0) is 25.0. The standard InChI is InChI=1S/C25H45ClFN7O/c1-33-9-11-34(12-10-33)22-18(26)15-30-16-20(22)32-24(35)21(23(28)29)19-13-25(6-3-2-4-7-25)8-5-17(27)14-31-19/h14,17-23,30H,2-13,15-16,28-29H2,1H3,(H,32,35)/b31-14-. The third kappa shape index (κ3) is 6.73. The van der Waals surface area contributed by atoms with Crippen LogP contribution in [-0.2, 0) is 4.79 Å². The molecule has 0 aromatic heterocycles. The second-order valence-corrected chi connectivity index (χ2v) is 12.0. The van der Waals surface area contributed by atoms with Crippen molar-refractivity contribution in [2.45, 2.75) is 87.2 Å². The molecule has 0 radical (unpaired) electrons. The van der Waals surface area contributed by atoms with Crippen molar-refractivity contribution in [3.05, 3.63) is 0 Å². The van der Waals surface area contributed by atoms with Crippen molar-refractivity contribution >= 4 is 23.7 Å². The Morgan fingerprint density at radius 3 is 2.57 bits per heavy atom. The number of alkyl halides is 2. The topological polar surface area (TPSA) is 112 Å². The summed E-state index contributed by atoms with van der Waals surface area (Å²) >= 11 is 6.79. The largest absolute Gasteiger partial charge is 0.350 e. The number of nitrogens with two attached hydrogens (primary N) is 2. The van der Waals surface area contributed by atoms with Gasteiger partial charge in [-0.1, -0.05) is 19.3 Å². The summed E-state index contributed by atoms with van der Waals surface area (Å²) in [6.07, 6.45) is 7.13. The van der Waals surface area contributed by atoms with Gasteiger partial charge in [-0.3, -0.25) is 14.7 Å². The molecule has 1 saturated carbocycles. The number of hydrogen-bond acceptors (Lipinski definition) is 7. The number of piperazine rings is 1. The summed E-state index contributed by atoms with van der Waals surface area (Å²) in [4.78, 5) is 23.1. The SMILES string of the molecule is CN1CCN(C2C(Cl)CNCC2NC(=O)C(C(N)N)C2CC3(CCCCC3)CCC(F)/C=N\2)CC1. The summed E-state index contributed by atoms with van der Waals surface area (Å²) < 4.78 is 14.6. The van der Waals surface area contributed by atoms with Crippen LogP contribution in [0, 0.1) is 11.3 Å². The van der Waals surface area contributed by atoms with Crippen LogP contribution >= 0.6 is 11.6 Å². The van der Waals surface area contributed by atoms with Crippen LogP contribution in [0.2, 0.25) is 0 Å². The molecule has 0 aromatic carbocycles. The number of hydrogen-bond donors (Lipinski definition) is 4. The quantitative estimate of drug-likeness (QED) is 0.323. The first kappa shape index (κ1) is 27.2. The fourth-order valence-electron chi connectivity index (χ4n) is 6.79. The van der Waals surface area contributed by atoms with Gasteiger partial charge in [0.15, 0.2) is 0 Å². The molecule has 4 rings (SSSR count). The molecule has 35 heavy (non-hydrogen) atoms. The van der Waals surface area contributed by atoms with Crippen LogP contribution in [0.15, 0.2) is 4.99 Å². The minimum Gasteiger partial charge on any atom is -0.350 e. The molecular weight excluding hydrogens is 469 g/mol. The smallest absolute Gasteiger partial charge is 0.228 e. The Hall–Kier alpha value is -0.840. The van der Waals surface area contributed by atoms with E-state index in [2.05, 4.69) is 32.5 Å². The molecule has 8 nitrogen and oxygen atoms in total. The number of likely N-dealkylation sites (N-methyl/N-ethyl adjacent to an activating group) is 1. The molecule has 4 aliphatic rings. The van der Waals surface area contributed by atoms with Gasteiger partial charge in [0.1, 0.15) is 6.17 Å². The Morgan fingerprint density at radius 2 is 1.89 bits per heavy atom. The highest BCUT2D eigenvalue weighted by atomic mass is 35.5. The normalized spacial score (nSPS) is 36.9. The van der Waals surface area contributed by atoms with Crippen molar-refractivity contribution in [3.63, 3.8) is 0 Å². The van der Waals surface area contributed by atoms with Crippen molar-refractivity contribution < 1.29 is 9.18 Å². The number of halogens is 2. The molecule has 1 amide bonds. The molecule has 6 N–H and O–H groups in total. The molecule has 1 spiro atoms. The van der Waals surface area contributed by atoms with E-state index in [1.165, 1.54) is 12.6 Å². The molecule has 3 heterocycles. The summed E-state index contributed by atoms with van der Waals surface area (Å²) in [7, 11) is 2.13. The van der Waals surface area contributed by atoms with Crippen molar-refractivity contribution in [2.75, 3.05) is 46.3 Å². The van der Waals surface area contributed by atoms with Crippen LogP contribution in [0.5, 0.6) is 0 Å². The van der Waals surface area contributed by atoms with Gasteiger partial charge in [0.25, 0.3) is 0 Å². The molecule has 3 fully saturated rings. The van der Waals surface area contributed by atoms with Crippen molar-refractivity contribution in [1.82, 2.24) is 20.4 Å². The summed E-state index contributed by atoms with van der Waals surface area (Å²) in [6, 6.07) is -0.540. The fraction of sp³-hybridized carbons (Fsp3) is 0.920. The van der Waals surface area contributed by atoms with Gasteiger partial charge < -0.3 is 27.0 Å². The Bertz CT molecular complexity index is 727. The van der Waals surface area contributed by atoms with Crippen LogP contribution in [-0.4, -0.2) is 104 Å². The third-order valence-corrected chi connectivity index (χ3v) is 9.26. The molecule has 0 bridgehead atoms. The molecule has 3 aliphatic heterocycles. The maximum Gasteiger partial charge on any atom is 0.228 e. The van der Waals surface area contributed by atoms with Crippen molar-refractivity contribution in [1.29, 1.82) is 0 Å². The van der Waals surface area contributed by atoms with E-state index in [0.717, 1.165) is 64.7 Å². The lowest BCUT2D eigenvalue weighted by Crippen LogP contribution is -2.68. The molecular formula is C25H45ClFN7O. The van der Waals surface area contributed by atoms with E-state index in [1.807, 2.05) is 0 Å². The lowest BCUT2D eigenvalue weighted by molar-refractivity contribution is -0.128. The van der Waals surface area contributed by atoms with E-state index < -0.39 is 24.3 Å². The van der Waals surface area contributed by atoms with E-state index in [1.54, 1.807) is 0 Å². The number of nitrogens with one attached hydrogen (secondary N) is 2. The number of rotatable bonds is 5. The second-order valence-electron chi connectivity index (χ2n) is 11.4. The number of carbonyl (C=O) groups is 1. The van der Waals surface area contributed by atoms with Gasteiger partial charge in [0.05, 0.1) is 29.5 Å². The van der Waals surface area contributed by atoms with Crippen LogP contribution in [0.4, 0.5) is 4.39 Å². The molecule has 10 heteroatoms. The first-order valence-corrected chi connectivity index (χ1v) is 14.0. The summed E-state index contributed by atoms with van der Waals surface area (Å²) in [5.41, 5.74) is 12.5. The highest BCUT2D eigenvalue weighted by Gasteiger charge is 2.44. The minimum absolute atomic E-state index is 0.0222. The maximum absolute atomic E-state index is 14.6. The Labute approximate surface area is 214 Å². The van der Waals surface area contributed by atoms with Crippen LogP contribution in [0.25, 0.3) is 0 Å². The Balaban J connectivity index is 1.51. The zero-order valence-corrected chi connectivity index (χ0v) is 21.9. The summed E-state index contributed by atoms with van der Waals surface area (Å²) in [5.74, 6) is -0.903. The third-order valence-electron chi connectivity index (χ3n) is 8.85. The Kier molecular flexibility index (Phi) is 9.43. The predicted octanol–water partition coefficient (Wildman–Crippen LogP) is 1.07. The zero-order valence-electron chi connectivity index (χ0n) is 21.2. The van der Waals surface area contributed by atoms with Crippen LogP contribution in [0.3, 0.4) is 0 Å². The average molecular weight is 514 g/mol. The van der Waals surface area contributed by atoms with Gasteiger partial charge in [0.2, 0.25) is 5.91 Å². The number of piperidine rings is 1. The van der Waals surface area contributed by atoms with E-state index in [9.17, 15) is 9.18 Å². The van der Waals surface area contributed by atoms with Crippen molar-refractivity contribution in [3.8, 4) is 0 Å². The highest BCUT2D eigenvalue weighted by Crippen LogP contribution is 2.46. The number of aliphatic imine (C=N–C) groups is 1. The van der Waals surface area contributed by atoms with Gasteiger partial charge in [-0.15, -0.1) is 11.6 Å². The van der Waals surface area contributed by atoms with E-state index in [4.69, 9.17) is 23.1 Å². The molecule has 0 aromatic rings. The lowest BCUT2D eigenvalue weighted by atomic mass is 9.65. The number of amides is 1. The Morgan fingerprint density at radius 1 is 1.17 bits per heavy atom. The van der Waals surface area contributed by atoms with E-state index >= 15 is 0 Å². The molecule has 200 valence electrons. The van der Waals surface area contributed by atoms with E-state index in [-0.39, 0.29) is 28.8 Å². The van der Waals surface area contributed by atoms with Gasteiger partial charge >= 0.3 is 0 Å². The number of carbonyl (C=O) groups excluding carboxylic acids is 1. The minimum atomic E-state index is -1.09. The number of nitrogens with zero attached hydrogens (tertiary/aromatic N) is 3. The predicted molar refractivity (Wildman–Crippen MR) is 139 cm³/mol. The lowest BCUT2D eigenvalue weighted by Gasteiger charge is -2.46. The molecule has 6 unspecified atom stereocenters. The highest BCUT2D eigenvalue weighted by molar-refractivity contribution is 6.21. The van der Waals surface area contributed by atoms with Gasteiger partial charge in [-0.05, 0) is 44.6 Å². The maximum atomic E-state index is 14.6. The average Bonchev–Trinajstić information content (AvgIpc) is 2.82. The van der Waals surface area contributed by atoms with Gasteiger partial charge in [-0.2, -0.15) is 0 Å². The van der Waals surface area contributed by atoms with E-state index in [0.29, 0.717) is 19.5 Å². The summed E-state index contributed by atoms with van der Waals surface area (Å²) in [5, 5.41) is 6.51. The summed E-state index contributed by atoms with van der Waals surface area (Å²) in [6.45, 7) is 5.15. The van der Waals surface area contributed by atoms with Crippen LogP contribution < -0.4 is 22.1 Å². The first-order valence-electron chi connectivity index (χ1n) is 13.5. The van der Waals surface area contributed by atoms with Gasteiger partial charge in [0, 0.05) is 51.5 Å². The molecule has 2 saturated heterocycles. The molecule has 6 atom stereocenters. The van der Waals surface area contributed by atoms with Gasteiger partial charge in [-0.25, -0.2) is 4.39 Å².